The lowest BCUT2D eigenvalue weighted by Gasteiger charge is -2.22. The number of rotatable bonds is 3. The Morgan fingerprint density at radius 3 is 2.59 bits per heavy atom. The second-order valence-corrected chi connectivity index (χ2v) is 7.58. The minimum atomic E-state index is 0.473. The van der Waals surface area contributed by atoms with E-state index in [0.717, 1.165) is 29.7 Å². The van der Waals surface area contributed by atoms with Crippen LogP contribution in [0.1, 0.15) is 67.8 Å². The van der Waals surface area contributed by atoms with Crippen molar-refractivity contribution < 1.29 is 0 Å². The largest absolute Gasteiger partial charge is 0.256 e. The molecule has 2 aliphatic carbocycles. The van der Waals surface area contributed by atoms with E-state index in [1.54, 1.807) is 6.20 Å². The van der Waals surface area contributed by atoms with Crippen LogP contribution < -0.4 is 0 Å². The Morgan fingerprint density at radius 1 is 0.926 bits per heavy atom. The molecule has 0 bridgehead atoms. The number of aromatic nitrogens is 7. The number of hydrogen-bond acceptors (Lipinski definition) is 6. The summed E-state index contributed by atoms with van der Waals surface area (Å²) in [6.45, 7) is 0. The molecule has 138 valence electrons. The Hall–Kier alpha value is -2.70. The molecule has 0 saturated heterocycles. The van der Waals surface area contributed by atoms with E-state index >= 15 is 0 Å². The maximum Gasteiger partial charge on any atom is 0.207 e. The number of aromatic amines is 1. The van der Waals surface area contributed by atoms with Crippen molar-refractivity contribution >= 4 is 0 Å². The normalized spacial score (nSPS) is 17.6. The lowest BCUT2D eigenvalue weighted by Crippen LogP contribution is -2.10. The molecule has 1 saturated carbocycles. The fourth-order valence-corrected chi connectivity index (χ4v) is 4.68. The maximum atomic E-state index is 5.24. The van der Waals surface area contributed by atoms with Gasteiger partial charge in [-0.1, -0.05) is 19.3 Å². The Balaban J connectivity index is 1.83. The molecule has 7 nitrogen and oxygen atoms in total. The molecule has 0 unspecified atom stereocenters. The third-order valence-corrected chi connectivity index (χ3v) is 5.94. The molecule has 2 aliphatic rings. The van der Waals surface area contributed by atoms with E-state index < -0.39 is 0 Å². The zero-order valence-corrected chi connectivity index (χ0v) is 15.4. The molecule has 1 fully saturated rings. The molecule has 7 heteroatoms. The molecule has 0 spiro atoms. The van der Waals surface area contributed by atoms with Crippen LogP contribution in [0.3, 0.4) is 0 Å². The van der Waals surface area contributed by atoms with E-state index in [9.17, 15) is 0 Å². The lowest BCUT2D eigenvalue weighted by atomic mass is 9.87. The Bertz CT molecular complexity index is 915. The third-order valence-electron chi connectivity index (χ3n) is 5.94. The number of pyridine rings is 1. The van der Waals surface area contributed by atoms with Gasteiger partial charge in [-0.15, -0.1) is 10.2 Å². The minimum absolute atomic E-state index is 0.473. The number of H-pyrrole nitrogens is 1. The first-order chi connectivity index (χ1) is 13.4. The van der Waals surface area contributed by atoms with Gasteiger partial charge in [-0.05, 0) is 55.4 Å². The molecule has 27 heavy (non-hydrogen) atoms. The van der Waals surface area contributed by atoms with Crippen LogP contribution >= 0.6 is 0 Å². The summed E-state index contributed by atoms with van der Waals surface area (Å²) in [7, 11) is 0. The monoisotopic (exact) mass is 361 g/mol. The Morgan fingerprint density at radius 2 is 1.81 bits per heavy atom. The van der Waals surface area contributed by atoms with E-state index in [4.69, 9.17) is 4.98 Å². The molecule has 3 aromatic rings. The molecule has 3 aromatic heterocycles. The molecule has 3 heterocycles. The number of nitrogens with zero attached hydrogens (tertiary/aromatic N) is 6. The van der Waals surface area contributed by atoms with Crippen molar-refractivity contribution in [3.05, 3.63) is 35.4 Å². The predicted molar refractivity (Wildman–Crippen MR) is 101 cm³/mol. The zero-order valence-electron chi connectivity index (χ0n) is 15.4. The molecular formula is C20H23N7. The predicted octanol–water partition coefficient (Wildman–Crippen LogP) is 3.65. The fourth-order valence-electron chi connectivity index (χ4n) is 4.68. The van der Waals surface area contributed by atoms with Crippen LogP contribution in [0.15, 0.2) is 18.5 Å². The number of tetrazole rings is 1. The highest BCUT2D eigenvalue weighted by molar-refractivity contribution is 5.85. The molecule has 0 aliphatic heterocycles. The van der Waals surface area contributed by atoms with Crippen molar-refractivity contribution in [2.75, 3.05) is 0 Å². The Labute approximate surface area is 158 Å². The molecular weight excluding hydrogens is 338 g/mol. The summed E-state index contributed by atoms with van der Waals surface area (Å²) in [6.07, 6.45) is 14.2. The summed E-state index contributed by atoms with van der Waals surface area (Å²) in [5.41, 5.74) is 7.06. The van der Waals surface area contributed by atoms with Crippen LogP contribution in [-0.4, -0.2) is 35.8 Å². The van der Waals surface area contributed by atoms with Gasteiger partial charge in [0.05, 0.1) is 23.7 Å². The summed E-state index contributed by atoms with van der Waals surface area (Å²) in [5.74, 6) is 1.11. The first-order valence-electron chi connectivity index (χ1n) is 9.98. The average Bonchev–Trinajstić information content (AvgIpc) is 3.38. The second-order valence-electron chi connectivity index (χ2n) is 7.58. The zero-order chi connectivity index (χ0) is 18.1. The van der Waals surface area contributed by atoms with Gasteiger partial charge >= 0.3 is 0 Å². The number of aryl methyl sites for hydroxylation is 1. The summed E-state index contributed by atoms with van der Waals surface area (Å²) in [6, 6.07) is 2.04. The van der Waals surface area contributed by atoms with Crippen molar-refractivity contribution in [2.45, 2.75) is 63.7 Å². The van der Waals surface area contributed by atoms with E-state index in [2.05, 4.69) is 30.8 Å². The molecule has 0 atom stereocenters. The maximum absolute atomic E-state index is 5.24. The van der Waals surface area contributed by atoms with E-state index in [0.29, 0.717) is 11.7 Å². The van der Waals surface area contributed by atoms with Crippen LogP contribution in [0.25, 0.3) is 22.5 Å². The van der Waals surface area contributed by atoms with E-state index in [1.165, 1.54) is 61.8 Å². The van der Waals surface area contributed by atoms with Gasteiger partial charge in [-0.3, -0.25) is 4.98 Å². The fraction of sp³-hybridized carbons (Fsp3) is 0.500. The lowest BCUT2D eigenvalue weighted by molar-refractivity contribution is 0.684. The van der Waals surface area contributed by atoms with Gasteiger partial charge in [0.1, 0.15) is 0 Å². The highest BCUT2D eigenvalue weighted by Crippen LogP contribution is 2.44. The minimum Gasteiger partial charge on any atom is -0.256 e. The average molecular weight is 361 g/mol. The molecule has 0 radical (unpaired) electrons. The molecule has 0 amide bonds. The molecule has 0 aromatic carbocycles. The van der Waals surface area contributed by atoms with Gasteiger partial charge in [0.15, 0.2) is 0 Å². The third kappa shape index (κ3) is 3.01. The van der Waals surface area contributed by atoms with Gasteiger partial charge in [-0.25, -0.2) is 0 Å². The first kappa shape index (κ1) is 16.5. The molecule has 5 rings (SSSR count). The van der Waals surface area contributed by atoms with Gasteiger partial charge in [-0.2, -0.15) is 15.4 Å². The van der Waals surface area contributed by atoms with Crippen LogP contribution in [-0.2, 0) is 12.8 Å². The van der Waals surface area contributed by atoms with Crippen LogP contribution in [0.4, 0.5) is 0 Å². The van der Waals surface area contributed by atoms with E-state index in [1.807, 2.05) is 12.3 Å². The highest BCUT2D eigenvalue weighted by atomic mass is 15.5. The van der Waals surface area contributed by atoms with Crippen molar-refractivity contribution in [1.82, 2.24) is 35.8 Å². The molecule has 1 N–H and O–H groups in total. The summed E-state index contributed by atoms with van der Waals surface area (Å²) in [5, 5.41) is 23.3. The first-order valence-corrected chi connectivity index (χ1v) is 9.98. The summed E-state index contributed by atoms with van der Waals surface area (Å²) in [4.78, 5) is 5.24. The smallest absolute Gasteiger partial charge is 0.207 e. The number of fused-ring (bicyclic) bond motifs is 1. The summed E-state index contributed by atoms with van der Waals surface area (Å²) < 4.78 is 0. The topological polar surface area (TPSA) is 93.1 Å². The SMILES string of the molecule is c1cc(-c2c3c(nc(C4CCCC4)c2-c2nn[nH]n2)CCCCC3)cnn1. The van der Waals surface area contributed by atoms with Gasteiger partial charge in [0.2, 0.25) is 5.82 Å². The standard InChI is InChI=1S/C20H23N7/c1-2-8-15-16(9-3-1)23-19(13-6-4-5-7-13)18(20-24-26-27-25-20)17(15)14-10-11-21-22-12-14/h10-13H,1-9H2,(H,24,25,26,27). The highest BCUT2D eigenvalue weighted by Gasteiger charge is 2.30. The van der Waals surface area contributed by atoms with Crippen LogP contribution in [0.2, 0.25) is 0 Å². The van der Waals surface area contributed by atoms with Crippen molar-refractivity contribution in [3.8, 4) is 22.5 Å². The summed E-state index contributed by atoms with van der Waals surface area (Å²) >= 11 is 0. The van der Waals surface area contributed by atoms with Crippen molar-refractivity contribution in [2.24, 2.45) is 0 Å². The van der Waals surface area contributed by atoms with Crippen LogP contribution in [0, 0.1) is 0 Å². The Kier molecular flexibility index (Phi) is 4.35. The van der Waals surface area contributed by atoms with Gasteiger partial charge in [0.25, 0.3) is 0 Å². The van der Waals surface area contributed by atoms with Crippen LogP contribution in [0.5, 0.6) is 0 Å². The van der Waals surface area contributed by atoms with E-state index in [-0.39, 0.29) is 0 Å². The quantitative estimate of drug-likeness (QED) is 0.716. The van der Waals surface area contributed by atoms with Gasteiger partial charge < -0.3 is 0 Å². The van der Waals surface area contributed by atoms with Gasteiger partial charge in [0, 0.05) is 22.7 Å². The van der Waals surface area contributed by atoms with Crippen molar-refractivity contribution in [3.63, 3.8) is 0 Å². The number of nitrogens with one attached hydrogen (secondary N) is 1. The second kappa shape index (κ2) is 7.13. The number of hydrogen-bond donors (Lipinski definition) is 1. The van der Waals surface area contributed by atoms with Crippen molar-refractivity contribution in [1.29, 1.82) is 0 Å².